The van der Waals surface area contributed by atoms with Gasteiger partial charge >= 0.3 is 0 Å². The third-order valence-electron chi connectivity index (χ3n) is 2.60. The lowest BCUT2D eigenvalue weighted by Crippen LogP contribution is -2.06. The summed E-state index contributed by atoms with van der Waals surface area (Å²) < 4.78 is 1.80. The normalized spacial score (nSPS) is 12.7. The summed E-state index contributed by atoms with van der Waals surface area (Å²) in [5.74, 6) is 0.258. The van der Waals surface area contributed by atoms with Crippen LogP contribution in [0.5, 0.6) is 5.75 Å². The largest absolute Gasteiger partial charge is 0.508 e. The topological polar surface area (TPSA) is 64.1 Å². The molecule has 0 saturated heterocycles. The number of rotatable bonds is 2. The van der Waals surface area contributed by atoms with Crippen LogP contribution in [0.15, 0.2) is 30.5 Å². The van der Waals surface area contributed by atoms with E-state index >= 15 is 0 Å². The smallest absolute Gasteiger partial charge is 0.115 e. The van der Waals surface area contributed by atoms with Crippen molar-refractivity contribution < 1.29 is 5.11 Å². The molecule has 0 saturated carbocycles. The molecule has 0 radical (unpaired) electrons. The standard InChI is InChI=1S/C12H15N3O/c1-8(13)11-7-14-15(2)12(11)9-3-5-10(16)6-4-9/h3-8,16H,13H2,1-2H3. The zero-order chi connectivity index (χ0) is 11.7. The van der Waals surface area contributed by atoms with Gasteiger partial charge in [0.05, 0.1) is 11.9 Å². The predicted molar refractivity (Wildman–Crippen MR) is 62.9 cm³/mol. The summed E-state index contributed by atoms with van der Waals surface area (Å²) in [6, 6.07) is 6.98. The molecule has 0 aliphatic rings. The maximum absolute atomic E-state index is 9.25. The molecule has 4 nitrogen and oxygen atoms in total. The van der Waals surface area contributed by atoms with Gasteiger partial charge in [-0.25, -0.2) is 0 Å². The minimum atomic E-state index is -0.0579. The molecule has 16 heavy (non-hydrogen) atoms. The number of aromatic nitrogens is 2. The molecule has 0 fully saturated rings. The number of aryl methyl sites for hydroxylation is 1. The molecule has 1 unspecified atom stereocenters. The van der Waals surface area contributed by atoms with Crippen molar-refractivity contribution in [3.63, 3.8) is 0 Å². The first kappa shape index (κ1) is 10.7. The van der Waals surface area contributed by atoms with Gasteiger partial charge in [0.2, 0.25) is 0 Å². The van der Waals surface area contributed by atoms with Crippen LogP contribution in [-0.2, 0) is 7.05 Å². The minimum Gasteiger partial charge on any atom is -0.508 e. The second kappa shape index (κ2) is 3.98. The molecule has 1 atom stereocenters. The first-order valence-electron chi connectivity index (χ1n) is 5.16. The first-order valence-corrected chi connectivity index (χ1v) is 5.16. The van der Waals surface area contributed by atoms with Gasteiger partial charge in [-0.15, -0.1) is 0 Å². The van der Waals surface area contributed by atoms with Crippen molar-refractivity contribution in [3.8, 4) is 17.0 Å². The quantitative estimate of drug-likeness (QED) is 0.806. The van der Waals surface area contributed by atoms with Crippen molar-refractivity contribution in [2.75, 3.05) is 0 Å². The van der Waals surface area contributed by atoms with Gasteiger partial charge in [0.15, 0.2) is 0 Å². The van der Waals surface area contributed by atoms with Crippen LogP contribution >= 0.6 is 0 Å². The van der Waals surface area contributed by atoms with Gasteiger partial charge in [-0.2, -0.15) is 5.10 Å². The number of nitrogens with two attached hydrogens (primary N) is 1. The van der Waals surface area contributed by atoms with Gasteiger partial charge in [-0.05, 0) is 31.2 Å². The van der Waals surface area contributed by atoms with Crippen LogP contribution in [0, 0.1) is 0 Å². The maximum Gasteiger partial charge on any atom is 0.115 e. The maximum atomic E-state index is 9.25. The molecule has 0 bridgehead atoms. The van der Waals surface area contributed by atoms with Crippen molar-refractivity contribution in [2.45, 2.75) is 13.0 Å². The summed E-state index contributed by atoms with van der Waals surface area (Å²) in [5, 5.41) is 13.5. The number of phenols is 1. The fourth-order valence-corrected chi connectivity index (χ4v) is 1.76. The van der Waals surface area contributed by atoms with Crippen LogP contribution in [0.25, 0.3) is 11.3 Å². The monoisotopic (exact) mass is 217 g/mol. The molecule has 4 heteroatoms. The Labute approximate surface area is 94.3 Å². The van der Waals surface area contributed by atoms with E-state index in [1.54, 1.807) is 23.0 Å². The Kier molecular flexibility index (Phi) is 2.66. The van der Waals surface area contributed by atoms with Gasteiger partial charge in [0.1, 0.15) is 5.75 Å². The minimum absolute atomic E-state index is 0.0579. The molecule has 1 aromatic heterocycles. The zero-order valence-corrected chi connectivity index (χ0v) is 9.38. The Bertz CT molecular complexity index is 485. The van der Waals surface area contributed by atoms with Crippen molar-refractivity contribution >= 4 is 0 Å². The number of benzene rings is 1. The lowest BCUT2D eigenvalue weighted by molar-refractivity contribution is 0.475. The SMILES string of the molecule is CC(N)c1cnn(C)c1-c1ccc(O)cc1. The van der Waals surface area contributed by atoms with E-state index in [0.29, 0.717) is 0 Å². The Morgan fingerprint density at radius 1 is 1.31 bits per heavy atom. The van der Waals surface area contributed by atoms with Gasteiger partial charge in [0.25, 0.3) is 0 Å². The number of hydrogen-bond donors (Lipinski definition) is 2. The van der Waals surface area contributed by atoms with Crippen molar-refractivity contribution in [1.29, 1.82) is 0 Å². The molecule has 0 spiro atoms. The van der Waals surface area contributed by atoms with Crippen LogP contribution in [0.2, 0.25) is 0 Å². The van der Waals surface area contributed by atoms with Crippen molar-refractivity contribution in [2.24, 2.45) is 12.8 Å². The van der Waals surface area contributed by atoms with Crippen LogP contribution < -0.4 is 5.73 Å². The highest BCUT2D eigenvalue weighted by molar-refractivity contribution is 5.64. The third-order valence-corrected chi connectivity index (χ3v) is 2.60. The molecule has 1 aromatic carbocycles. The fourth-order valence-electron chi connectivity index (χ4n) is 1.76. The molecule has 2 aromatic rings. The van der Waals surface area contributed by atoms with E-state index < -0.39 is 0 Å². The van der Waals surface area contributed by atoms with Gasteiger partial charge in [0, 0.05) is 24.2 Å². The summed E-state index contributed by atoms with van der Waals surface area (Å²) >= 11 is 0. The first-order chi connectivity index (χ1) is 7.59. The van der Waals surface area contributed by atoms with E-state index in [1.807, 2.05) is 26.1 Å². The Hall–Kier alpha value is -1.81. The second-order valence-electron chi connectivity index (χ2n) is 3.91. The van der Waals surface area contributed by atoms with Gasteiger partial charge in [-0.3, -0.25) is 4.68 Å². The fraction of sp³-hybridized carbons (Fsp3) is 0.250. The molecule has 1 heterocycles. The van der Waals surface area contributed by atoms with Crippen molar-refractivity contribution in [1.82, 2.24) is 9.78 Å². The zero-order valence-electron chi connectivity index (χ0n) is 9.38. The summed E-state index contributed by atoms with van der Waals surface area (Å²) in [6.45, 7) is 1.93. The van der Waals surface area contributed by atoms with Crippen LogP contribution in [-0.4, -0.2) is 14.9 Å². The van der Waals surface area contributed by atoms with E-state index in [1.165, 1.54) is 0 Å². The molecular weight excluding hydrogens is 202 g/mol. The van der Waals surface area contributed by atoms with Crippen LogP contribution in [0.4, 0.5) is 0 Å². The summed E-state index contributed by atoms with van der Waals surface area (Å²) in [6.07, 6.45) is 1.78. The summed E-state index contributed by atoms with van der Waals surface area (Å²) in [5.41, 5.74) is 8.90. The Balaban J connectivity index is 2.54. The lowest BCUT2D eigenvalue weighted by Gasteiger charge is -2.09. The average molecular weight is 217 g/mol. The summed E-state index contributed by atoms with van der Waals surface area (Å²) in [7, 11) is 1.88. The highest BCUT2D eigenvalue weighted by atomic mass is 16.3. The highest BCUT2D eigenvalue weighted by Gasteiger charge is 2.13. The number of aromatic hydroxyl groups is 1. The number of nitrogens with zero attached hydrogens (tertiary/aromatic N) is 2. The molecule has 3 N–H and O–H groups in total. The van der Waals surface area contributed by atoms with E-state index in [9.17, 15) is 5.11 Å². The van der Waals surface area contributed by atoms with Crippen LogP contribution in [0.1, 0.15) is 18.5 Å². The molecule has 2 rings (SSSR count). The molecule has 0 amide bonds. The van der Waals surface area contributed by atoms with Crippen LogP contribution in [0.3, 0.4) is 0 Å². The van der Waals surface area contributed by atoms with Crippen molar-refractivity contribution in [3.05, 3.63) is 36.0 Å². The molecule has 0 aliphatic heterocycles. The summed E-state index contributed by atoms with van der Waals surface area (Å²) in [4.78, 5) is 0. The van der Waals surface area contributed by atoms with Gasteiger partial charge in [-0.1, -0.05) is 0 Å². The van der Waals surface area contributed by atoms with E-state index in [-0.39, 0.29) is 11.8 Å². The van der Waals surface area contributed by atoms with E-state index in [0.717, 1.165) is 16.8 Å². The van der Waals surface area contributed by atoms with E-state index in [4.69, 9.17) is 5.73 Å². The number of phenolic OH excluding ortho intramolecular Hbond substituents is 1. The Morgan fingerprint density at radius 3 is 2.50 bits per heavy atom. The average Bonchev–Trinajstić information content (AvgIpc) is 2.62. The molecule has 0 aliphatic carbocycles. The lowest BCUT2D eigenvalue weighted by atomic mass is 10.0. The molecular formula is C12H15N3O. The van der Waals surface area contributed by atoms with Gasteiger partial charge < -0.3 is 10.8 Å². The number of hydrogen-bond acceptors (Lipinski definition) is 3. The van der Waals surface area contributed by atoms with E-state index in [2.05, 4.69) is 5.10 Å². The predicted octanol–water partition coefficient (Wildman–Crippen LogP) is 1.81. The third kappa shape index (κ3) is 1.79. The highest BCUT2D eigenvalue weighted by Crippen LogP contribution is 2.27. The molecule has 84 valence electrons. The Morgan fingerprint density at radius 2 is 1.94 bits per heavy atom. The second-order valence-corrected chi connectivity index (χ2v) is 3.91.